The van der Waals surface area contributed by atoms with Gasteiger partial charge in [-0.1, -0.05) is 6.07 Å². The minimum atomic E-state index is -0.201. The van der Waals surface area contributed by atoms with Crippen LogP contribution >= 0.6 is 0 Å². The highest BCUT2D eigenvalue weighted by Crippen LogP contribution is 2.14. The molecule has 1 aromatic carbocycles. The molecule has 90 valence electrons. The monoisotopic (exact) mass is 225 g/mol. The third-order valence-corrected chi connectivity index (χ3v) is 2.83. The average Bonchev–Trinajstić information content (AvgIpc) is 2.23. The molecule has 2 atom stereocenters. The largest absolute Gasteiger partial charge is 0.382 e. The van der Waals surface area contributed by atoms with Crippen LogP contribution in [0.2, 0.25) is 0 Å². The summed E-state index contributed by atoms with van der Waals surface area (Å²) in [5.41, 5.74) is 8.07. The molecule has 1 rings (SSSR count). The van der Waals surface area contributed by atoms with Crippen molar-refractivity contribution in [2.75, 3.05) is 7.11 Å². The molecule has 2 nitrogen and oxygen atoms in total. The molecule has 0 saturated carbocycles. The average molecular weight is 225 g/mol. The fraction of sp³-hybridized carbons (Fsp3) is 0.538. The van der Waals surface area contributed by atoms with Gasteiger partial charge in [-0.05, 0) is 49.9 Å². The zero-order valence-corrected chi connectivity index (χ0v) is 10.2. The van der Waals surface area contributed by atoms with Gasteiger partial charge in [-0.3, -0.25) is 0 Å². The van der Waals surface area contributed by atoms with Gasteiger partial charge in [-0.25, -0.2) is 4.39 Å². The summed E-state index contributed by atoms with van der Waals surface area (Å²) >= 11 is 0. The number of ether oxygens (including phenoxy) is 1. The first-order valence-electron chi connectivity index (χ1n) is 5.56. The quantitative estimate of drug-likeness (QED) is 0.835. The van der Waals surface area contributed by atoms with Gasteiger partial charge in [0.25, 0.3) is 0 Å². The number of halogens is 1. The Kier molecular flexibility index (Phi) is 4.90. The van der Waals surface area contributed by atoms with Gasteiger partial charge in [0.2, 0.25) is 0 Å². The molecule has 0 amide bonds. The van der Waals surface area contributed by atoms with Crippen LogP contribution in [0, 0.1) is 12.7 Å². The second-order valence-electron chi connectivity index (χ2n) is 4.32. The fourth-order valence-electron chi connectivity index (χ4n) is 1.75. The van der Waals surface area contributed by atoms with E-state index in [0.29, 0.717) is 6.42 Å². The highest BCUT2D eigenvalue weighted by atomic mass is 19.1. The van der Waals surface area contributed by atoms with Crippen LogP contribution in [0.3, 0.4) is 0 Å². The van der Waals surface area contributed by atoms with Crippen LogP contribution in [0.1, 0.15) is 24.5 Å². The predicted molar refractivity (Wildman–Crippen MR) is 63.9 cm³/mol. The summed E-state index contributed by atoms with van der Waals surface area (Å²) in [5.74, 6) is -0.201. The van der Waals surface area contributed by atoms with E-state index in [-0.39, 0.29) is 18.0 Å². The molecule has 0 aromatic heterocycles. The van der Waals surface area contributed by atoms with E-state index in [1.165, 1.54) is 6.07 Å². The number of nitrogens with two attached hydrogens (primary N) is 1. The van der Waals surface area contributed by atoms with E-state index in [1.54, 1.807) is 19.2 Å². The van der Waals surface area contributed by atoms with E-state index in [4.69, 9.17) is 10.5 Å². The van der Waals surface area contributed by atoms with Gasteiger partial charge in [0.1, 0.15) is 5.82 Å². The second kappa shape index (κ2) is 5.97. The second-order valence-corrected chi connectivity index (χ2v) is 4.32. The predicted octanol–water partition coefficient (Wildman–Crippen LogP) is 2.43. The lowest BCUT2D eigenvalue weighted by molar-refractivity contribution is 0.104. The molecule has 0 aliphatic carbocycles. The summed E-state index contributed by atoms with van der Waals surface area (Å²) in [6, 6.07) is 4.84. The first kappa shape index (κ1) is 13.1. The Bertz CT molecular complexity index is 341. The molecular formula is C13H20FNO. The molecule has 0 spiro atoms. The maximum atomic E-state index is 13.1. The van der Waals surface area contributed by atoms with Crippen molar-refractivity contribution in [3.63, 3.8) is 0 Å². The fourth-order valence-corrected chi connectivity index (χ4v) is 1.75. The Morgan fingerprint density at radius 1 is 1.44 bits per heavy atom. The standard InChI is InChI=1S/C13H20FNO/c1-9-4-5-12(14)7-11(9)8-13(15)6-10(2)16-3/h4-5,7,10,13H,6,8,15H2,1-3H3. The number of methoxy groups -OCH3 is 1. The number of hydrogen-bond acceptors (Lipinski definition) is 2. The molecule has 0 aliphatic heterocycles. The van der Waals surface area contributed by atoms with Crippen molar-refractivity contribution in [2.45, 2.75) is 38.8 Å². The Morgan fingerprint density at radius 3 is 2.75 bits per heavy atom. The van der Waals surface area contributed by atoms with E-state index >= 15 is 0 Å². The molecule has 2 unspecified atom stereocenters. The van der Waals surface area contributed by atoms with Crippen molar-refractivity contribution in [3.05, 3.63) is 35.1 Å². The number of benzene rings is 1. The van der Waals surface area contributed by atoms with Gasteiger partial charge < -0.3 is 10.5 Å². The summed E-state index contributed by atoms with van der Waals surface area (Å²) in [4.78, 5) is 0. The van der Waals surface area contributed by atoms with Gasteiger partial charge in [-0.15, -0.1) is 0 Å². The zero-order chi connectivity index (χ0) is 12.1. The van der Waals surface area contributed by atoms with E-state index in [9.17, 15) is 4.39 Å². The van der Waals surface area contributed by atoms with Crippen molar-refractivity contribution >= 4 is 0 Å². The zero-order valence-electron chi connectivity index (χ0n) is 10.2. The van der Waals surface area contributed by atoms with Crippen LogP contribution in [-0.4, -0.2) is 19.3 Å². The summed E-state index contributed by atoms with van der Waals surface area (Å²) in [5, 5.41) is 0. The normalized spacial score (nSPS) is 14.8. The molecule has 0 heterocycles. The van der Waals surface area contributed by atoms with Crippen LogP contribution in [0.5, 0.6) is 0 Å². The first-order valence-corrected chi connectivity index (χ1v) is 5.56. The number of aryl methyl sites for hydroxylation is 1. The maximum absolute atomic E-state index is 13.1. The smallest absolute Gasteiger partial charge is 0.123 e. The lowest BCUT2D eigenvalue weighted by atomic mass is 9.98. The van der Waals surface area contributed by atoms with Gasteiger partial charge in [-0.2, -0.15) is 0 Å². The van der Waals surface area contributed by atoms with E-state index in [1.807, 2.05) is 13.8 Å². The minimum Gasteiger partial charge on any atom is -0.382 e. The number of rotatable bonds is 5. The molecule has 0 aliphatic rings. The Labute approximate surface area is 96.6 Å². The highest BCUT2D eigenvalue weighted by molar-refractivity contribution is 5.27. The molecule has 0 saturated heterocycles. The molecule has 0 radical (unpaired) electrons. The lowest BCUT2D eigenvalue weighted by Crippen LogP contribution is -2.28. The van der Waals surface area contributed by atoms with Crippen molar-refractivity contribution in [1.82, 2.24) is 0 Å². The molecule has 0 fully saturated rings. The SMILES string of the molecule is COC(C)CC(N)Cc1cc(F)ccc1C. The van der Waals surface area contributed by atoms with Gasteiger partial charge in [0.05, 0.1) is 6.10 Å². The van der Waals surface area contributed by atoms with Crippen molar-refractivity contribution < 1.29 is 9.13 Å². The van der Waals surface area contributed by atoms with Crippen molar-refractivity contribution in [1.29, 1.82) is 0 Å². The third-order valence-electron chi connectivity index (χ3n) is 2.83. The van der Waals surface area contributed by atoms with Gasteiger partial charge in [0, 0.05) is 13.2 Å². The molecule has 3 heteroatoms. The van der Waals surface area contributed by atoms with E-state index in [2.05, 4.69) is 0 Å². The maximum Gasteiger partial charge on any atom is 0.123 e. The summed E-state index contributed by atoms with van der Waals surface area (Å²) in [7, 11) is 1.67. The Morgan fingerprint density at radius 2 is 2.12 bits per heavy atom. The molecule has 16 heavy (non-hydrogen) atoms. The molecule has 2 N–H and O–H groups in total. The summed E-state index contributed by atoms with van der Waals surface area (Å²) in [6.07, 6.45) is 1.62. The Balaban J connectivity index is 2.61. The first-order chi connectivity index (χ1) is 7.52. The number of hydrogen-bond donors (Lipinski definition) is 1. The van der Waals surface area contributed by atoms with Gasteiger partial charge in [0.15, 0.2) is 0 Å². The minimum absolute atomic E-state index is 0.00968. The lowest BCUT2D eigenvalue weighted by Gasteiger charge is -2.17. The van der Waals surface area contributed by atoms with Crippen molar-refractivity contribution in [3.8, 4) is 0 Å². The third kappa shape index (κ3) is 3.91. The molecule has 0 bridgehead atoms. The van der Waals surface area contributed by atoms with Gasteiger partial charge >= 0.3 is 0 Å². The highest BCUT2D eigenvalue weighted by Gasteiger charge is 2.11. The van der Waals surface area contributed by atoms with E-state index in [0.717, 1.165) is 17.5 Å². The Hall–Kier alpha value is -0.930. The van der Waals surface area contributed by atoms with Crippen LogP contribution in [0.15, 0.2) is 18.2 Å². The topological polar surface area (TPSA) is 35.2 Å². The van der Waals surface area contributed by atoms with Crippen LogP contribution < -0.4 is 5.73 Å². The van der Waals surface area contributed by atoms with Crippen LogP contribution in [0.25, 0.3) is 0 Å². The summed E-state index contributed by atoms with van der Waals surface area (Å²) < 4.78 is 18.2. The van der Waals surface area contributed by atoms with Crippen LogP contribution in [0.4, 0.5) is 4.39 Å². The molecular weight excluding hydrogens is 205 g/mol. The molecule has 1 aromatic rings. The van der Waals surface area contributed by atoms with Crippen molar-refractivity contribution in [2.24, 2.45) is 5.73 Å². The van der Waals surface area contributed by atoms with Crippen LogP contribution in [-0.2, 0) is 11.2 Å². The van der Waals surface area contributed by atoms with E-state index < -0.39 is 0 Å². The summed E-state index contributed by atoms with van der Waals surface area (Å²) in [6.45, 7) is 3.96.